The fraction of sp³-hybridized carbons (Fsp3) is 0.222. The molecule has 1 aromatic carbocycles. The van der Waals surface area contributed by atoms with Gasteiger partial charge in [0.2, 0.25) is 0 Å². The first-order valence-corrected chi connectivity index (χ1v) is 4.49. The zero-order valence-corrected chi connectivity index (χ0v) is 8.15. The molecule has 0 saturated carbocycles. The van der Waals surface area contributed by atoms with Gasteiger partial charge in [-0.3, -0.25) is 0 Å². The maximum atomic E-state index is 13.2. The molecule has 0 heterocycles. The average molecular weight is 221 g/mol. The molecule has 70 valence electrons. The summed E-state index contributed by atoms with van der Waals surface area (Å²) in [7, 11) is 0. The van der Waals surface area contributed by atoms with Crippen molar-refractivity contribution in [3.63, 3.8) is 0 Å². The Balaban J connectivity index is 2.88. The van der Waals surface area contributed by atoms with Crippen molar-refractivity contribution in [1.29, 1.82) is 0 Å². The Morgan fingerprint density at radius 3 is 2.85 bits per heavy atom. The molecular formula is C9H7Cl2FO. The van der Waals surface area contributed by atoms with Gasteiger partial charge in [-0.05, 0) is 18.1 Å². The molecule has 1 unspecified atom stereocenters. The van der Waals surface area contributed by atoms with Crippen molar-refractivity contribution in [3.8, 4) is 0 Å². The number of benzene rings is 1. The largest absolute Gasteiger partial charge is 0.302 e. The van der Waals surface area contributed by atoms with E-state index in [1.165, 1.54) is 6.07 Å². The van der Waals surface area contributed by atoms with Gasteiger partial charge >= 0.3 is 0 Å². The van der Waals surface area contributed by atoms with Gasteiger partial charge in [-0.1, -0.05) is 23.7 Å². The Morgan fingerprint density at radius 2 is 2.23 bits per heavy atom. The first-order valence-electron chi connectivity index (χ1n) is 3.67. The highest BCUT2D eigenvalue weighted by atomic mass is 35.5. The fourth-order valence-electron chi connectivity index (χ4n) is 0.964. The summed E-state index contributed by atoms with van der Waals surface area (Å²) in [6, 6.07) is 4.62. The summed E-state index contributed by atoms with van der Waals surface area (Å²) in [4.78, 5) is 10.2. The first-order chi connectivity index (χ1) is 6.15. The zero-order chi connectivity index (χ0) is 9.84. The summed E-state index contributed by atoms with van der Waals surface area (Å²) in [5.74, 6) is -0.503. The lowest BCUT2D eigenvalue weighted by Crippen LogP contribution is -2.06. The van der Waals surface area contributed by atoms with Gasteiger partial charge in [-0.25, -0.2) is 4.39 Å². The highest BCUT2D eigenvalue weighted by Crippen LogP contribution is 2.19. The van der Waals surface area contributed by atoms with Crippen LogP contribution in [0.4, 0.5) is 4.39 Å². The molecule has 0 aliphatic rings. The van der Waals surface area contributed by atoms with Gasteiger partial charge < -0.3 is 4.79 Å². The van der Waals surface area contributed by atoms with Gasteiger partial charge in [0.1, 0.15) is 12.1 Å². The molecule has 4 heteroatoms. The van der Waals surface area contributed by atoms with Crippen molar-refractivity contribution in [2.24, 2.45) is 0 Å². The number of rotatable bonds is 3. The molecule has 1 rings (SSSR count). The number of hydrogen-bond acceptors (Lipinski definition) is 1. The van der Waals surface area contributed by atoms with E-state index in [2.05, 4.69) is 0 Å². The molecule has 0 amide bonds. The van der Waals surface area contributed by atoms with Crippen LogP contribution >= 0.6 is 23.2 Å². The summed E-state index contributed by atoms with van der Waals surface area (Å²) < 4.78 is 13.2. The highest BCUT2D eigenvalue weighted by Gasteiger charge is 2.10. The maximum absolute atomic E-state index is 13.2. The molecule has 1 atom stereocenters. The predicted octanol–water partition coefficient (Wildman–Crippen LogP) is 2.83. The van der Waals surface area contributed by atoms with Crippen molar-refractivity contribution >= 4 is 29.5 Å². The van der Waals surface area contributed by atoms with E-state index in [4.69, 9.17) is 23.2 Å². The predicted molar refractivity (Wildman–Crippen MR) is 50.8 cm³/mol. The first kappa shape index (κ1) is 10.5. The minimum atomic E-state index is -0.701. The van der Waals surface area contributed by atoms with Gasteiger partial charge in [0.05, 0.1) is 10.4 Å². The maximum Gasteiger partial charge on any atom is 0.145 e. The van der Waals surface area contributed by atoms with E-state index >= 15 is 0 Å². The third kappa shape index (κ3) is 2.68. The molecule has 0 spiro atoms. The van der Waals surface area contributed by atoms with Crippen molar-refractivity contribution in [1.82, 2.24) is 0 Å². The number of aldehydes is 1. The lowest BCUT2D eigenvalue weighted by atomic mass is 10.1. The molecule has 13 heavy (non-hydrogen) atoms. The fourth-order valence-corrected chi connectivity index (χ4v) is 1.32. The Kier molecular flexibility index (Phi) is 3.70. The third-order valence-corrected chi connectivity index (χ3v) is 2.14. The number of alkyl halides is 1. The normalized spacial score (nSPS) is 12.5. The third-order valence-electron chi connectivity index (χ3n) is 1.59. The van der Waals surface area contributed by atoms with Crippen LogP contribution in [0.3, 0.4) is 0 Å². The van der Waals surface area contributed by atoms with Gasteiger partial charge in [0.15, 0.2) is 0 Å². The summed E-state index contributed by atoms with van der Waals surface area (Å²) in [6.45, 7) is 0. The van der Waals surface area contributed by atoms with E-state index < -0.39 is 11.2 Å². The smallest absolute Gasteiger partial charge is 0.145 e. The molecule has 0 aliphatic carbocycles. The van der Waals surface area contributed by atoms with Crippen LogP contribution in [-0.2, 0) is 11.2 Å². The number of hydrogen-bond donors (Lipinski definition) is 0. The molecule has 0 bridgehead atoms. The molecule has 0 N–H and O–H groups in total. The lowest BCUT2D eigenvalue weighted by Gasteiger charge is -2.04. The molecule has 1 nitrogen and oxygen atoms in total. The van der Waals surface area contributed by atoms with E-state index in [1.807, 2.05) is 0 Å². The molecule has 0 saturated heterocycles. The Bertz CT molecular complexity index is 314. The second-order valence-electron chi connectivity index (χ2n) is 2.57. The van der Waals surface area contributed by atoms with Gasteiger partial charge in [0, 0.05) is 0 Å². The van der Waals surface area contributed by atoms with E-state index in [0.717, 1.165) is 0 Å². The highest BCUT2D eigenvalue weighted by molar-refractivity contribution is 6.30. The van der Waals surface area contributed by atoms with Crippen LogP contribution in [0.25, 0.3) is 0 Å². The summed E-state index contributed by atoms with van der Waals surface area (Å²) in [5, 5.41) is -0.653. The van der Waals surface area contributed by atoms with Gasteiger partial charge in [-0.2, -0.15) is 0 Å². The molecule has 1 aromatic rings. The number of carbonyl (C=O) groups is 1. The molecule has 0 aromatic heterocycles. The summed E-state index contributed by atoms with van der Waals surface area (Å²) >= 11 is 11.1. The van der Waals surface area contributed by atoms with Gasteiger partial charge in [-0.15, -0.1) is 11.6 Å². The molecule has 0 radical (unpaired) electrons. The zero-order valence-electron chi connectivity index (χ0n) is 6.64. The van der Waals surface area contributed by atoms with Crippen molar-refractivity contribution in [2.75, 3.05) is 0 Å². The second kappa shape index (κ2) is 4.58. The summed E-state index contributed by atoms with van der Waals surface area (Å²) in [5.41, 5.74) is 0.361. The second-order valence-corrected chi connectivity index (χ2v) is 3.54. The van der Waals surface area contributed by atoms with Crippen LogP contribution in [0.5, 0.6) is 0 Å². The van der Waals surface area contributed by atoms with Crippen LogP contribution < -0.4 is 0 Å². The standard InChI is InChI=1S/C9H7Cl2FO/c10-7(5-13)4-6-2-1-3-8(11)9(6)12/h1-3,5,7H,4H2. The average Bonchev–Trinajstić information content (AvgIpc) is 2.13. The van der Waals surface area contributed by atoms with Gasteiger partial charge in [0.25, 0.3) is 0 Å². The van der Waals surface area contributed by atoms with Crippen LogP contribution in [0.15, 0.2) is 18.2 Å². The molecule has 0 fully saturated rings. The van der Waals surface area contributed by atoms with E-state index in [1.54, 1.807) is 12.1 Å². The molecular weight excluding hydrogens is 214 g/mol. The van der Waals surface area contributed by atoms with E-state index in [9.17, 15) is 9.18 Å². The van der Waals surface area contributed by atoms with Crippen LogP contribution in [-0.4, -0.2) is 11.7 Å². The Hall–Kier alpha value is -0.600. The minimum absolute atomic E-state index is 0.0484. The van der Waals surface area contributed by atoms with Crippen molar-refractivity contribution in [2.45, 2.75) is 11.8 Å². The van der Waals surface area contributed by atoms with Crippen molar-refractivity contribution in [3.05, 3.63) is 34.6 Å². The molecule has 0 aliphatic heterocycles. The monoisotopic (exact) mass is 220 g/mol. The van der Waals surface area contributed by atoms with Crippen LogP contribution in [0, 0.1) is 5.82 Å². The Morgan fingerprint density at radius 1 is 1.54 bits per heavy atom. The van der Waals surface area contributed by atoms with Crippen molar-refractivity contribution < 1.29 is 9.18 Å². The lowest BCUT2D eigenvalue weighted by molar-refractivity contribution is -0.107. The van der Waals surface area contributed by atoms with E-state index in [0.29, 0.717) is 11.8 Å². The number of halogens is 3. The minimum Gasteiger partial charge on any atom is -0.302 e. The summed E-state index contributed by atoms with van der Waals surface area (Å²) in [6.07, 6.45) is 0.735. The van der Waals surface area contributed by atoms with E-state index in [-0.39, 0.29) is 11.4 Å². The topological polar surface area (TPSA) is 17.1 Å². The Labute approximate surface area is 85.5 Å². The van der Waals surface area contributed by atoms with Crippen LogP contribution in [0.2, 0.25) is 5.02 Å². The quantitative estimate of drug-likeness (QED) is 0.566. The van der Waals surface area contributed by atoms with Crippen LogP contribution in [0.1, 0.15) is 5.56 Å². The number of carbonyl (C=O) groups excluding carboxylic acids is 1. The SMILES string of the molecule is O=CC(Cl)Cc1cccc(Cl)c1F.